The van der Waals surface area contributed by atoms with Gasteiger partial charge in [0.1, 0.15) is 72.8 Å². The second-order valence-corrected chi connectivity index (χ2v) is 37.6. The van der Waals surface area contributed by atoms with Gasteiger partial charge in [-0.25, -0.2) is 93.4 Å². The number of ether oxygens (including phenoxy) is 18. The molecule has 0 aliphatic carbocycles. The highest BCUT2D eigenvalue weighted by atomic mass is 31.2. The Bertz CT molecular complexity index is 5020. The molecule has 0 saturated heterocycles. The number of aromatic nitrogens is 16. The van der Waals surface area contributed by atoms with Crippen molar-refractivity contribution in [1.29, 1.82) is 0 Å². The molecule has 0 fully saturated rings. The maximum Gasteiger partial charge on any atom is 0.510 e. The van der Waals surface area contributed by atoms with Gasteiger partial charge in [-0.1, -0.05) is 0 Å². The number of nitrogens with one attached hydrogen (secondary N) is 4. The van der Waals surface area contributed by atoms with E-state index in [1.165, 1.54) is 50.6 Å². The summed E-state index contributed by atoms with van der Waals surface area (Å²) in [5.41, 5.74) is 3.42. The van der Waals surface area contributed by atoms with E-state index in [0.29, 0.717) is 67.9 Å². The van der Waals surface area contributed by atoms with Crippen LogP contribution in [-0.2, 0) is 161 Å². The van der Waals surface area contributed by atoms with Crippen LogP contribution in [0, 0.1) is 0 Å². The van der Waals surface area contributed by atoms with E-state index in [1.54, 1.807) is 143 Å². The van der Waals surface area contributed by atoms with Crippen LogP contribution in [0.5, 0.6) is 0 Å². The Morgan fingerprint density at radius 1 is 0.284 bits per heavy atom. The molecule has 0 saturated carbocycles. The van der Waals surface area contributed by atoms with E-state index >= 15 is 0 Å². The third-order valence-corrected chi connectivity index (χ3v) is 21.2. The Morgan fingerprint density at radius 3 is 0.664 bits per heavy atom. The number of carbonyl (C=O) groups is 7. The summed E-state index contributed by atoms with van der Waals surface area (Å²) in [7, 11) is -16.9. The zero-order valence-electron chi connectivity index (χ0n) is 76.6. The van der Waals surface area contributed by atoms with E-state index in [1.807, 2.05) is 0 Å². The Morgan fingerprint density at radius 2 is 0.470 bits per heavy atom. The Hall–Kier alpha value is -11.3. The number of rotatable bonds is 56. The molecule has 0 bridgehead atoms. The maximum atomic E-state index is 13.5. The monoisotopic (exact) mass is 1980 g/mol. The van der Waals surface area contributed by atoms with Gasteiger partial charge < -0.3 is 130 Å². The summed E-state index contributed by atoms with van der Waals surface area (Å²) in [5.74, 6) is 1.50. The first-order chi connectivity index (χ1) is 63.5. The highest BCUT2D eigenvalue weighted by Crippen LogP contribution is 2.51. The summed E-state index contributed by atoms with van der Waals surface area (Å²) in [4.78, 5) is 145. The second kappa shape index (κ2) is 54.3. The summed E-state index contributed by atoms with van der Waals surface area (Å²) in [6.45, 7) is 24.5. The van der Waals surface area contributed by atoms with Crippen molar-refractivity contribution in [2.45, 2.75) is 218 Å². The van der Waals surface area contributed by atoms with Crippen LogP contribution in [0.15, 0.2) is 50.6 Å². The lowest BCUT2D eigenvalue weighted by Crippen LogP contribution is -2.20. The summed E-state index contributed by atoms with van der Waals surface area (Å²) < 4.78 is 186. The fourth-order valence-electron chi connectivity index (χ4n) is 10.2. The molecular weight excluding hydrogens is 1870 g/mol. The van der Waals surface area contributed by atoms with Crippen LogP contribution in [-0.4, -0.2) is 279 Å². The molecule has 8 aromatic rings. The van der Waals surface area contributed by atoms with Gasteiger partial charge in [0.05, 0.1) is 132 Å². The molecule has 61 heteroatoms. The molecule has 5 N–H and O–H groups in total. The first kappa shape index (κ1) is 110. The number of anilines is 4. The van der Waals surface area contributed by atoms with Gasteiger partial charge in [-0.2, -0.15) is 0 Å². The van der Waals surface area contributed by atoms with Gasteiger partial charge in [0.2, 0.25) is 47.6 Å². The Balaban J connectivity index is 0.000000368. The molecule has 134 heavy (non-hydrogen) atoms. The lowest BCUT2D eigenvalue weighted by atomic mass is 10.4. The molecule has 5 atom stereocenters. The van der Waals surface area contributed by atoms with Crippen LogP contribution in [0.1, 0.15) is 125 Å². The molecule has 0 spiro atoms. The molecule has 57 nitrogen and oxygen atoms in total. The smallest absolute Gasteiger partial charge is 0.432 e. The number of hydrogen-bond acceptors (Lipinski definition) is 52. The van der Waals surface area contributed by atoms with Gasteiger partial charge in [-0.05, 0) is 125 Å². The average molecular weight is 1990 g/mol. The van der Waals surface area contributed by atoms with Crippen molar-refractivity contribution in [3.63, 3.8) is 0 Å². The number of hydrogen-bond donors (Lipinski definition) is 5. The van der Waals surface area contributed by atoms with Crippen molar-refractivity contribution in [1.82, 2.24) is 78.1 Å². The van der Waals surface area contributed by atoms with E-state index in [4.69, 9.17) is 112 Å². The van der Waals surface area contributed by atoms with Crippen molar-refractivity contribution in [3.05, 3.63) is 50.6 Å². The zero-order chi connectivity index (χ0) is 98.3. The van der Waals surface area contributed by atoms with Gasteiger partial charge in [-0.3, -0.25) is 49.9 Å². The number of imidazole rings is 4. The molecule has 8 aromatic heterocycles. The summed E-state index contributed by atoms with van der Waals surface area (Å²) >= 11 is 0. The van der Waals surface area contributed by atoms with E-state index in [-0.39, 0.29) is 39.5 Å². The van der Waals surface area contributed by atoms with Crippen LogP contribution in [0.2, 0.25) is 0 Å². The van der Waals surface area contributed by atoms with E-state index < -0.39 is 214 Å². The van der Waals surface area contributed by atoms with Crippen LogP contribution < -0.4 is 21.3 Å². The third-order valence-electron chi connectivity index (χ3n) is 15.8. The number of carbonyl (C=O) groups excluding carboxylic acids is 7. The molecule has 746 valence electrons. The fourth-order valence-corrected chi connectivity index (χ4v) is 14.2. The van der Waals surface area contributed by atoms with Crippen molar-refractivity contribution in [2.24, 2.45) is 0 Å². The largest absolute Gasteiger partial charge is 0.510 e. The van der Waals surface area contributed by atoms with Crippen molar-refractivity contribution >= 4 is 141 Å². The molecule has 8 rings (SSSR count). The molecule has 0 amide bonds. The van der Waals surface area contributed by atoms with Crippen LogP contribution in [0.3, 0.4) is 0 Å². The van der Waals surface area contributed by atoms with E-state index in [0.717, 1.165) is 0 Å². The molecular formula is C73H112N20O37P4. The Labute approximate surface area is 766 Å². The van der Waals surface area contributed by atoms with Gasteiger partial charge in [0.25, 0.3) is 0 Å². The highest BCUT2D eigenvalue weighted by molar-refractivity contribution is 7.54. The van der Waals surface area contributed by atoms with Crippen molar-refractivity contribution in [3.8, 4) is 0 Å². The van der Waals surface area contributed by atoms with Crippen LogP contribution in [0.4, 0.5) is 56.8 Å². The lowest BCUT2D eigenvalue weighted by molar-refractivity contribution is -0.0390. The molecule has 1 unspecified atom stereocenters. The van der Waals surface area contributed by atoms with Crippen molar-refractivity contribution < 1.29 is 174 Å². The van der Waals surface area contributed by atoms with Crippen molar-refractivity contribution in [2.75, 3.05) is 108 Å². The van der Waals surface area contributed by atoms with Gasteiger partial charge in [-0.15, -0.1) is 0 Å². The minimum atomic E-state index is -4.26. The normalized spacial score (nSPS) is 13.3. The number of nitrogens with zero attached hydrogens (tertiary/aromatic N) is 16. The van der Waals surface area contributed by atoms with E-state index in [9.17, 15) is 56.7 Å². The average Bonchev–Trinajstić information content (AvgIpc) is 1.66. The molecule has 0 radical (unpaired) electrons. The minimum absolute atomic E-state index is 0.0944. The number of fused-ring (bicyclic) bond motifs is 4. The summed E-state index contributed by atoms with van der Waals surface area (Å²) in [6.07, 6.45) is -4.39. The maximum absolute atomic E-state index is 13.5. The fraction of sp³-hybridized carbons (Fsp3) is 0.630. The zero-order valence-corrected chi connectivity index (χ0v) is 80.2. The lowest BCUT2D eigenvalue weighted by Gasteiger charge is -2.21. The molecule has 0 aliphatic rings. The highest BCUT2D eigenvalue weighted by Gasteiger charge is 2.34. The van der Waals surface area contributed by atoms with Gasteiger partial charge in [0.15, 0.2) is 45.9 Å². The minimum Gasteiger partial charge on any atom is -0.432 e. The Kier molecular flexibility index (Phi) is 44.5. The van der Waals surface area contributed by atoms with E-state index in [2.05, 4.69) is 85.8 Å². The van der Waals surface area contributed by atoms with Crippen LogP contribution >= 0.6 is 30.4 Å². The van der Waals surface area contributed by atoms with Crippen LogP contribution in [0.25, 0.3) is 44.7 Å². The molecule has 8 heterocycles. The quantitative estimate of drug-likeness (QED) is 0.0102. The molecule has 0 aliphatic heterocycles. The first-order valence-electron chi connectivity index (χ1n) is 41.0. The standard InChI is InChI=1S/C39H60N10O20P2.C34H52N10O17P2/c1-24(2)66-36(50)56-18-62-70(54,63-19-57-37(51)67-25(3)4)22-60-28(9)11-48-16-46-30-32(42-14-44-34(30)48)40-13-41-33-31-35(45-15-43-33)49(17-47-31)12-29(10)61-23-71(55,64-20-58-38(52)68-26(5)6)65-21-59-39(53)69-27(7)8;1-21(2)59-32(45)51-16-56-62(48,49)19-54-24(7)9-43-14-41-26-28(37-12-39-30(26)43)35-11-36-29-27-31(40-13-38-29)44(15-42-27)10-25(8)55-20-63(50,57-17-52-33(46)60-22(3)4)58-18-53-34(47)61-23(5)6/h14-17,24-29H,11-13,18-23H2,1-10H3,(H,40,42,44)(H,41,43,45);12-15,21-25H,9-11,16-20H2,1-8H3,(H,48,49)(H,35,37,39)(H,36,38,40)/t28-,29-;24-,25-/m11/s1. The van der Waals surface area contributed by atoms with Gasteiger partial charge in [0, 0.05) is 0 Å². The first-order valence-corrected chi connectivity index (χ1v) is 47.9. The SMILES string of the molecule is CC(C)OC(=O)OCOP(=O)(CO[C@H](C)Cn1cnc2c(NCNc3ncnc4c3ncn4C[C@@H](C)OCP(=O)(OCOC(=O)OC(C)C)OCOC(=O)OC(C)C)ncnc21)OCOC(=O)OC(C)C.CC(C)OC(=O)OCOP(=O)(O)CO[C@H](C)Cn1cnc2c(NCNc3ncnc4c3ncn4C[C@@H](C)OCP(=O)(OCOC(=O)OC(C)C)OCOC(=O)OC(C)C)ncnc21. The van der Waals surface area contributed by atoms with Gasteiger partial charge >= 0.3 is 73.5 Å². The second-order valence-electron chi connectivity index (χ2n) is 29.8. The topological polar surface area (TPSA) is 661 Å². The summed E-state index contributed by atoms with van der Waals surface area (Å²) in [6, 6.07) is 0. The predicted molar refractivity (Wildman–Crippen MR) is 460 cm³/mol. The predicted octanol–water partition coefficient (Wildman–Crippen LogP) is 11.9. The summed E-state index contributed by atoms with van der Waals surface area (Å²) in [5, 5.41) is 12.6. The molecule has 0 aromatic carbocycles. The third kappa shape index (κ3) is 39.3.